The van der Waals surface area contributed by atoms with Crippen LogP contribution in [0.25, 0.3) is 0 Å². The molecule has 4 heteroatoms. The molecule has 1 saturated heterocycles. The van der Waals surface area contributed by atoms with Crippen LogP contribution in [-0.4, -0.2) is 30.4 Å². The summed E-state index contributed by atoms with van der Waals surface area (Å²) in [4.78, 5) is 2.08. The van der Waals surface area contributed by atoms with E-state index in [2.05, 4.69) is 4.90 Å². The first-order valence-corrected chi connectivity index (χ1v) is 5.90. The molecule has 0 amide bonds. The number of nitrogens with zero attached hydrogens (tertiary/aromatic N) is 1. The van der Waals surface area contributed by atoms with E-state index < -0.39 is 0 Å². The van der Waals surface area contributed by atoms with Gasteiger partial charge in [0.2, 0.25) is 0 Å². The summed E-state index contributed by atoms with van der Waals surface area (Å²) in [5.41, 5.74) is 1.14. The van der Waals surface area contributed by atoms with E-state index in [0.717, 1.165) is 18.8 Å². The van der Waals surface area contributed by atoms with Crippen molar-refractivity contribution >= 4 is 5.69 Å². The topological polar surface area (TPSA) is 32.7 Å². The number of benzene rings is 1. The SMILES string of the molecule is C[C@@H]1CN(c2cccc(F)c2CO)C[C@H](C)O1. The van der Waals surface area contributed by atoms with Gasteiger partial charge in [-0.3, -0.25) is 0 Å². The molecule has 0 radical (unpaired) electrons. The van der Waals surface area contributed by atoms with Crippen LogP contribution in [0.4, 0.5) is 10.1 Å². The molecule has 1 N–H and O–H groups in total. The fourth-order valence-electron chi connectivity index (χ4n) is 2.37. The van der Waals surface area contributed by atoms with Crippen LogP contribution in [0.2, 0.25) is 0 Å². The lowest BCUT2D eigenvalue weighted by atomic mass is 10.1. The average molecular weight is 239 g/mol. The number of halogens is 1. The van der Waals surface area contributed by atoms with Gasteiger partial charge in [-0.1, -0.05) is 6.07 Å². The largest absolute Gasteiger partial charge is 0.391 e. The Kier molecular flexibility index (Phi) is 3.64. The summed E-state index contributed by atoms with van der Waals surface area (Å²) in [5.74, 6) is -0.350. The molecular formula is C13H18FNO2. The van der Waals surface area contributed by atoms with Gasteiger partial charge in [0, 0.05) is 24.3 Å². The summed E-state index contributed by atoms with van der Waals surface area (Å²) >= 11 is 0. The quantitative estimate of drug-likeness (QED) is 0.856. The van der Waals surface area contributed by atoms with Gasteiger partial charge in [-0.05, 0) is 26.0 Å². The van der Waals surface area contributed by atoms with Crippen molar-refractivity contribution in [2.24, 2.45) is 0 Å². The molecule has 1 fully saturated rings. The molecule has 1 aromatic rings. The Hall–Kier alpha value is -1.13. The fraction of sp³-hybridized carbons (Fsp3) is 0.538. The lowest BCUT2D eigenvalue weighted by Gasteiger charge is -2.37. The Morgan fingerprint density at radius 3 is 2.59 bits per heavy atom. The van der Waals surface area contributed by atoms with Gasteiger partial charge < -0.3 is 14.7 Å². The number of hydrogen-bond acceptors (Lipinski definition) is 3. The van der Waals surface area contributed by atoms with Gasteiger partial charge in [-0.2, -0.15) is 0 Å². The highest BCUT2D eigenvalue weighted by Gasteiger charge is 2.24. The predicted molar refractivity (Wildman–Crippen MR) is 64.5 cm³/mol. The van der Waals surface area contributed by atoms with Crippen LogP contribution in [0, 0.1) is 5.82 Å². The van der Waals surface area contributed by atoms with E-state index >= 15 is 0 Å². The number of aliphatic hydroxyl groups excluding tert-OH is 1. The third-order valence-electron chi connectivity index (χ3n) is 3.01. The summed E-state index contributed by atoms with van der Waals surface area (Å²) in [5, 5.41) is 9.26. The molecule has 0 aromatic heterocycles. The normalized spacial score (nSPS) is 25.1. The van der Waals surface area contributed by atoms with E-state index in [1.54, 1.807) is 6.07 Å². The van der Waals surface area contributed by atoms with Crippen LogP contribution in [0.3, 0.4) is 0 Å². The molecule has 1 aliphatic heterocycles. The second-order valence-corrected chi connectivity index (χ2v) is 4.56. The van der Waals surface area contributed by atoms with Crippen molar-refractivity contribution in [1.82, 2.24) is 0 Å². The second-order valence-electron chi connectivity index (χ2n) is 4.56. The molecule has 0 saturated carbocycles. The number of rotatable bonds is 2. The summed E-state index contributed by atoms with van der Waals surface area (Å²) in [6.07, 6.45) is 0.238. The van der Waals surface area contributed by atoms with Crippen molar-refractivity contribution < 1.29 is 14.2 Å². The molecule has 0 aliphatic carbocycles. The van der Waals surface area contributed by atoms with Gasteiger partial charge in [0.1, 0.15) is 5.82 Å². The number of ether oxygens (including phenoxy) is 1. The van der Waals surface area contributed by atoms with E-state index in [1.165, 1.54) is 6.07 Å². The predicted octanol–water partition coefficient (Wildman–Crippen LogP) is 1.93. The van der Waals surface area contributed by atoms with E-state index in [1.807, 2.05) is 19.9 Å². The molecular weight excluding hydrogens is 221 g/mol. The molecule has 0 spiro atoms. The molecule has 0 bridgehead atoms. The maximum atomic E-state index is 13.6. The summed E-state index contributed by atoms with van der Waals surface area (Å²) in [7, 11) is 0. The minimum absolute atomic E-state index is 0.119. The molecule has 1 aliphatic rings. The molecule has 1 aromatic carbocycles. The van der Waals surface area contributed by atoms with Gasteiger partial charge in [-0.15, -0.1) is 0 Å². The van der Waals surface area contributed by atoms with E-state index in [9.17, 15) is 9.50 Å². The zero-order chi connectivity index (χ0) is 12.4. The number of hydrogen-bond donors (Lipinski definition) is 1. The van der Waals surface area contributed by atoms with Gasteiger partial charge in [-0.25, -0.2) is 4.39 Å². The summed E-state index contributed by atoms with van der Waals surface area (Å²) in [6.45, 7) is 5.17. The Balaban J connectivity index is 2.30. The van der Waals surface area contributed by atoms with Crippen LogP contribution < -0.4 is 4.90 Å². The minimum atomic E-state index is -0.350. The first-order chi connectivity index (χ1) is 8.11. The van der Waals surface area contributed by atoms with Gasteiger partial charge in [0.15, 0.2) is 0 Å². The van der Waals surface area contributed by atoms with Crippen LogP contribution in [0.15, 0.2) is 18.2 Å². The highest BCUT2D eigenvalue weighted by atomic mass is 19.1. The highest BCUT2D eigenvalue weighted by molar-refractivity contribution is 5.54. The highest BCUT2D eigenvalue weighted by Crippen LogP contribution is 2.26. The zero-order valence-electron chi connectivity index (χ0n) is 10.2. The van der Waals surface area contributed by atoms with Crippen molar-refractivity contribution in [2.45, 2.75) is 32.7 Å². The fourth-order valence-corrected chi connectivity index (χ4v) is 2.37. The Morgan fingerprint density at radius 1 is 1.35 bits per heavy atom. The molecule has 94 valence electrons. The third kappa shape index (κ3) is 2.58. The second kappa shape index (κ2) is 5.02. The molecule has 2 atom stereocenters. The van der Waals surface area contributed by atoms with E-state index in [0.29, 0.717) is 5.56 Å². The van der Waals surface area contributed by atoms with Crippen molar-refractivity contribution in [1.29, 1.82) is 0 Å². The van der Waals surface area contributed by atoms with E-state index in [4.69, 9.17) is 4.74 Å². The van der Waals surface area contributed by atoms with Gasteiger partial charge in [0.05, 0.1) is 18.8 Å². The molecule has 2 rings (SSSR count). The lowest BCUT2D eigenvalue weighted by molar-refractivity contribution is -0.00534. The van der Waals surface area contributed by atoms with Crippen LogP contribution in [-0.2, 0) is 11.3 Å². The third-order valence-corrected chi connectivity index (χ3v) is 3.01. The monoisotopic (exact) mass is 239 g/mol. The first-order valence-electron chi connectivity index (χ1n) is 5.90. The van der Waals surface area contributed by atoms with Crippen LogP contribution in [0.5, 0.6) is 0 Å². The van der Waals surface area contributed by atoms with Gasteiger partial charge in [0.25, 0.3) is 0 Å². The molecule has 3 nitrogen and oxygen atoms in total. The first kappa shape index (κ1) is 12.3. The molecule has 17 heavy (non-hydrogen) atoms. The smallest absolute Gasteiger partial charge is 0.130 e. The summed E-state index contributed by atoms with van der Waals surface area (Å²) in [6, 6.07) is 4.90. The maximum Gasteiger partial charge on any atom is 0.130 e. The number of anilines is 1. The van der Waals surface area contributed by atoms with E-state index in [-0.39, 0.29) is 24.6 Å². The van der Waals surface area contributed by atoms with Crippen LogP contribution >= 0.6 is 0 Å². The standard InChI is InChI=1S/C13H18FNO2/c1-9-6-15(7-10(2)17-9)13-5-3-4-12(14)11(13)8-16/h3-5,9-10,16H,6-8H2,1-2H3/t9-,10+. The molecule has 1 heterocycles. The molecule has 0 unspecified atom stereocenters. The Morgan fingerprint density at radius 2 is 2.00 bits per heavy atom. The maximum absolute atomic E-state index is 13.6. The average Bonchev–Trinajstić information content (AvgIpc) is 2.27. The van der Waals surface area contributed by atoms with Crippen molar-refractivity contribution in [3.8, 4) is 0 Å². The summed E-state index contributed by atoms with van der Waals surface area (Å²) < 4.78 is 19.2. The van der Waals surface area contributed by atoms with Crippen LogP contribution in [0.1, 0.15) is 19.4 Å². The lowest BCUT2D eigenvalue weighted by Crippen LogP contribution is -2.45. The minimum Gasteiger partial charge on any atom is -0.391 e. The van der Waals surface area contributed by atoms with Crippen molar-refractivity contribution in [3.05, 3.63) is 29.6 Å². The van der Waals surface area contributed by atoms with Gasteiger partial charge >= 0.3 is 0 Å². The Bertz CT molecular complexity index is 387. The Labute approximate surface area is 101 Å². The number of morpholine rings is 1. The van der Waals surface area contributed by atoms with Crippen molar-refractivity contribution in [3.63, 3.8) is 0 Å². The van der Waals surface area contributed by atoms with Crippen molar-refractivity contribution in [2.75, 3.05) is 18.0 Å². The number of aliphatic hydroxyl groups is 1. The zero-order valence-corrected chi connectivity index (χ0v) is 10.2.